The molecule has 1 saturated heterocycles. The number of unbranched alkanes of at least 4 members (excludes halogenated alkanes) is 16. The number of nitrogens with one attached hydrogen (secondary N) is 1. The van der Waals surface area contributed by atoms with Crippen molar-refractivity contribution in [1.29, 1.82) is 0 Å². The number of amides is 1. The molecule has 0 saturated carbocycles. The first kappa shape index (κ1) is 52.0. The summed E-state index contributed by atoms with van der Waals surface area (Å²) in [4.78, 5) is 13.0. The molecular formula is C42H75NO12S. The second-order valence-corrected chi connectivity index (χ2v) is 15.8. The van der Waals surface area contributed by atoms with Crippen molar-refractivity contribution in [1.82, 2.24) is 5.32 Å². The van der Waals surface area contributed by atoms with Gasteiger partial charge < -0.3 is 40.3 Å². The van der Waals surface area contributed by atoms with Gasteiger partial charge in [-0.05, 0) is 57.8 Å². The number of allylic oxidation sites excluding steroid dienone is 7. The highest BCUT2D eigenvalue weighted by atomic mass is 32.3. The quantitative estimate of drug-likeness (QED) is 0.0165. The van der Waals surface area contributed by atoms with Crippen LogP contribution in [0.5, 0.6) is 0 Å². The van der Waals surface area contributed by atoms with Gasteiger partial charge in [0.25, 0.3) is 0 Å². The predicted molar refractivity (Wildman–Crippen MR) is 219 cm³/mol. The predicted octanol–water partition coefficient (Wildman–Crippen LogP) is 6.29. The van der Waals surface area contributed by atoms with Crippen LogP contribution in [0.2, 0.25) is 0 Å². The first-order chi connectivity index (χ1) is 26.9. The molecule has 14 heteroatoms. The smallest absolute Gasteiger partial charge is 0.394 e. The largest absolute Gasteiger partial charge is 0.397 e. The van der Waals surface area contributed by atoms with E-state index in [2.05, 4.69) is 59.8 Å². The highest BCUT2D eigenvalue weighted by molar-refractivity contribution is 7.80. The maximum Gasteiger partial charge on any atom is 0.397 e. The summed E-state index contributed by atoms with van der Waals surface area (Å²) in [5.74, 6) is -0.722. The Hall–Kier alpha value is -1.98. The number of hydrogen-bond donors (Lipinski definition) is 7. The fourth-order valence-corrected chi connectivity index (χ4v) is 6.80. The SMILES string of the molecule is CCCCC/C=C\C=C/CCCCCCCCCCCC(O)C(=O)NC(COC1OC(CO)C(O)C(OS(=O)(=O)O)C1O)C(O)/C=C/CC/C=C/CCCCC. The van der Waals surface area contributed by atoms with Crippen molar-refractivity contribution in [2.75, 3.05) is 13.2 Å². The average Bonchev–Trinajstić information content (AvgIpc) is 3.16. The third-order valence-corrected chi connectivity index (χ3v) is 10.2. The molecule has 1 rings (SSSR count). The minimum atomic E-state index is -5.12. The Morgan fingerprint density at radius 2 is 1.25 bits per heavy atom. The van der Waals surface area contributed by atoms with Crippen LogP contribution >= 0.6 is 0 Å². The van der Waals surface area contributed by atoms with E-state index in [1.54, 1.807) is 6.08 Å². The van der Waals surface area contributed by atoms with Crippen molar-refractivity contribution in [3.63, 3.8) is 0 Å². The highest BCUT2D eigenvalue weighted by Crippen LogP contribution is 2.26. The van der Waals surface area contributed by atoms with E-state index < -0.39 is 78.5 Å². The lowest BCUT2D eigenvalue weighted by molar-refractivity contribution is -0.298. The maximum atomic E-state index is 13.0. The van der Waals surface area contributed by atoms with Gasteiger partial charge in [0.1, 0.15) is 30.5 Å². The Kier molecular flexibility index (Phi) is 30.6. The van der Waals surface area contributed by atoms with Crippen molar-refractivity contribution in [2.45, 2.75) is 198 Å². The molecular weight excluding hydrogens is 743 g/mol. The topological polar surface area (TPSA) is 212 Å². The van der Waals surface area contributed by atoms with Gasteiger partial charge in [-0.15, -0.1) is 0 Å². The van der Waals surface area contributed by atoms with Crippen LogP contribution in [-0.2, 0) is 28.9 Å². The Balaban J connectivity index is 2.58. The van der Waals surface area contributed by atoms with E-state index in [1.165, 1.54) is 57.4 Å². The second-order valence-electron chi connectivity index (χ2n) is 14.7. The minimum absolute atomic E-state index is 0.229. The van der Waals surface area contributed by atoms with Gasteiger partial charge >= 0.3 is 10.4 Å². The van der Waals surface area contributed by atoms with Gasteiger partial charge in [0.05, 0.1) is 25.4 Å². The van der Waals surface area contributed by atoms with Crippen molar-refractivity contribution >= 4 is 16.3 Å². The Morgan fingerprint density at radius 1 is 0.732 bits per heavy atom. The van der Waals surface area contributed by atoms with Crippen molar-refractivity contribution in [3.05, 3.63) is 48.6 Å². The molecule has 8 atom stereocenters. The van der Waals surface area contributed by atoms with Gasteiger partial charge in [0.15, 0.2) is 6.29 Å². The zero-order chi connectivity index (χ0) is 41.4. The standard InChI is InChI=1S/C42H75NO12S/c1-3-5-7-9-11-13-14-15-16-17-18-19-20-21-23-25-27-29-31-36(46)41(49)43-34(35(45)30-28-26-24-22-12-10-8-6-4-2)33-53-42-39(48)40(55-56(50,51)52)38(47)37(32-44)54-42/h11-15,22,28,30,34-40,42,44-48H,3-10,16-21,23-27,29,31-33H2,1-2H3,(H,43,49)(H,50,51,52)/b13-11-,15-14-,22-12+,30-28+. The van der Waals surface area contributed by atoms with Gasteiger partial charge in [-0.1, -0.05) is 140 Å². The third-order valence-electron chi connectivity index (χ3n) is 9.72. The van der Waals surface area contributed by atoms with Crippen molar-refractivity contribution in [3.8, 4) is 0 Å². The van der Waals surface area contributed by atoms with Crippen LogP contribution in [0.1, 0.15) is 149 Å². The van der Waals surface area contributed by atoms with Gasteiger partial charge in [-0.3, -0.25) is 9.35 Å². The van der Waals surface area contributed by atoms with Gasteiger partial charge in [0.2, 0.25) is 5.91 Å². The molecule has 8 unspecified atom stereocenters. The zero-order valence-corrected chi connectivity index (χ0v) is 34.9. The Bertz CT molecular complexity index is 1210. The summed E-state index contributed by atoms with van der Waals surface area (Å²) < 4.78 is 47.3. The number of carbonyl (C=O) groups excluding carboxylic acids is 1. The van der Waals surface area contributed by atoms with Crippen LogP contribution in [0.15, 0.2) is 48.6 Å². The summed E-state index contributed by atoms with van der Waals surface area (Å²) in [5.41, 5.74) is 0. The van der Waals surface area contributed by atoms with E-state index >= 15 is 0 Å². The summed E-state index contributed by atoms with van der Waals surface area (Å²) in [6.45, 7) is 3.08. The van der Waals surface area contributed by atoms with Crippen molar-refractivity contribution in [2.24, 2.45) is 0 Å². The number of hydrogen-bond acceptors (Lipinski definition) is 11. The van der Waals surface area contributed by atoms with E-state index in [0.29, 0.717) is 12.8 Å². The fourth-order valence-electron chi connectivity index (χ4n) is 6.29. The summed E-state index contributed by atoms with van der Waals surface area (Å²) in [7, 11) is -5.12. The minimum Gasteiger partial charge on any atom is -0.394 e. The van der Waals surface area contributed by atoms with Crippen LogP contribution in [0.3, 0.4) is 0 Å². The van der Waals surface area contributed by atoms with Crippen LogP contribution in [0.4, 0.5) is 0 Å². The van der Waals surface area contributed by atoms with Crippen molar-refractivity contribution < 1.29 is 57.0 Å². The van der Waals surface area contributed by atoms with E-state index in [0.717, 1.165) is 64.2 Å². The van der Waals surface area contributed by atoms with E-state index in [9.17, 15) is 38.7 Å². The monoisotopic (exact) mass is 818 g/mol. The van der Waals surface area contributed by atoms with Crippen LogP contribution in [0, 0.1) is 0 Å². The molecule has 326 valence electrons. The second kappa shape index (κ2) is 32.9. The average molecular weight is 818 g/mol. The number of aliphatic hydroxyl groups excluding tert-OH is 5. The first-order valence-corrected chi connectivity index (χ1v) is 22.5. The summed E-state index contributed by atoms with van der Waals surface area (Å²) in [6.07, 6.45) is 26.5. The normalized spacial score (nSPS) is 22.5. The maximum absolute atomic E-state index is 13.0. The van der Waals surface area contributed by atoms with Gasteiger partial charge in [0, 0.05) is 0 Å². The van der Waals surface area contributed by atoms with Crippen LogP contribution < -0.4 is 5.32 Å². The Morgan fingerprint density at radius 3 is 1.82 bits per heavy atom. The molecule has 0 aromatic carbocycles. The summed E-state index contributed by atoms with van der Waals surface area (Å²) in [5, 5.41) is 54.9. The van der Waals surface area contributed by atoms with Gasteiger partial charge in [-0.2, -0.15) is 8.42 Å². The molecule has 0 aromatic heterocycles. The molecule has 13 nitrogen and oxygen atoms in total. The molecule has 1 aliphatic rings. The lowest BCUT2D eigenvalue weighted by Gasteiger charge is -2.41. The fraction of sp³-hybridized carbons (Fsp3) is 0.786. The number of rotatable bonds is 34. The lowest BCUT2D eigenvalue weighted by atomic mass is 9.99. The first-order valence-electron chi connectivity index (χ1n) is 21.1. The molecule has 0 spiro atoms. The number of aliphatic hydroxyl groups is 5. The molecule has 0 aromatic rings. The van der Waals surface area contributed by atoms with E-state index in [-0.39, 0.29) is 6.42 Å². The molecule has 0 radical (unpaired) electrons. The van der Waals surface area contributed by atoms with Crippen LogP contribution in [0.25, 0.3) is 0 Å². The molecule has 1 amide bonds. The zero-order valence-electron chi connectivity index (χ0n) is 34.0. The molecule has 1 fully saturated rings. The summed E-state index contributed by atoms with van der Waals surface area (Å²) >= 11 is 0. The van der Waals surface area contributed by atoms with Crippen LogP contribution in [-0.4, -0.2) is 107 Å². The molecule has 7 N–H and O–H groups in total. The third kappa shape index (κ3) is 25.4. The molecule has 1 aliphatic heterocycles. The van der Waals surface area contributed by atoms with E-state index in [4.69, 9.17) is 14.0 Å². The number of carbonyl (C=O) groups is 1. The molecule has 0 aliphatic carbocycles. The molecule has 1 heterocycles. The molecule has 0 bridgehead atoms. The lowest BCUT2D eigenvalue weighted by Crippen LogP contribution is -2.61. The Labute approximate surface area is 337 Å². The number of ether oxygens (including phenoxy) is 2. The van der Waals surface area contributed by atoms with E-state index in [1.807, 2.05) is 0 Å². The highest BCUT2D eigenvalue weighted by Gasteiger charge is 2.48. The van der Waals surface area contributed by atoms with Gasteiger partial charge in [-0.25, -0.2) is 4.18 Å². The molecule has 56 heavy (non-hydrogen) atoms. The summed E-state index contributed by atoms with van der Waals surface area (Å²) in [6, 6.07) is -1.14.